The monoisotopic (exact) mass is 526 g/mol. The Morgan fingerprint density at radius 3 is 1.69 bits per heavy atom. The first-order chi connectivity index (χ1) is 16.8. The number of benzene rings is 2. The van der Waals surface area contributed by atoms with E-state index >= 15 is 0 Å². The third-order valence-corrected chi connectivity index (χ3v) is 17.3. The third kappa shape index (κ3) is 7.51. The number of rotatable bonds is 13. The van der Waals surface area contributed by atoms with Crippen molar-refractivity contribution in [2.24, 2.45) is 0 Å². The lowest BCUT2D eigenvalue weighted by Gasteiger charge is -2.43. The van der Waals surface area contributed by atoms with Gasteiger partial charge in [-0.2, -0.15) is 0 Å². The number of hydrogen-bond acceptors (Lipinski definition) is 3. The van der Waals surface area contributed by atoms with Crippen LogP contribution in [0, 0.1) is 0 Å². The van der Waals surface area contributed by atoms with E-state index in [9.17, 15) is 0 Å². The molecule has 200 valence electrons. The second kappa shape index (κ2) is 12.8. The molecule has 0 aromatic heterocycles. The van der Waals surface area contributed by atoms with Crippen molar-refractivity contribution in [3.05, 3.63) is 73.3 Å². The second-order valence-electron chi connectivity index (χ2n) is 12.4. The lowest BCUT2D eigenvalue weighted by atomic mass is 10.1. The molecule has 5 heteroatoms. The van der Waals surface area contributed by atoms with Crippen molar-refractivity contribution in [1.82, 2.24) is 0 Å². The second-order valence-corrected chi connectivity index (χ2v) is 21.5. The molecule has 0 aliphatic heterocycles. The summed E-state index contributed by atoms with van der Waals surface area (Å²) in [5.74, 6) is 0. The van der Waals surface area contributed by atoms with Crippen molar-refractivity contribution in [1.29, 1.82) is 0 Å². The molecule has 0 spiro atoms. The molecule has 0 saturated heterocycles. The van der Waals surface area contributed by atoms with Gasteiger partial charge in [0.05, 0.1) is 12.2 Å². The van der Waals surface area contributed by atoms with Gasteiger partial charge in [-0.25, -0.2) is 0 Å². The Bertz CT molecular complexity index is 875. The fourth-order valence-electron chi connectivity index (χ4n) is 4.70. The van der Waals surface area contributed by atoms with Gasteiger partial charge >= 0.3 is 0 Å². The van der Waals surface area contributed by atoms with Gasteiger partial charge < -0.3 is 13.6 Å². The highest BCUT2D eigenvalue weighted by atomic mass is 28.4. The van der Waals surface area contributed by atoms with Crippen LogP contribution in [0.25, 0.3) is 0 Å². The molecule has 36 heavy (non-hydrogen) atoms. The van der Waals surface area contributed by atoms with Gasteiger partial charge in [-0.3, -0.25) is 0 Å². The molecule has 0 radical (unpaired) electrons. The van der Waals surface area contributed by atoms with E-state index in [-0.39, 0.29) is 22.3 Å². The molecule has 0 aliphatic carbocycles. The highest BCUT2D eigenvalue weighted by Gasteiger charge is 2.50. The van der Waals surface area contributed by atoms with Crippen molar-refractivity contribution in [2.75, 3.05) is 13.7 Å². The van der Waals surface area contributed by atoms with E-state index < -0.39 is 16.6 Å². The molecule has 0 aliphatic rings. The molecular weight excluding hydrogens is 477 g/mol. The summed E-state index contributed by atoms with van der Waals surface area (Å²) >= 11 is 0. The van der Waals surface area contributed by atoms with E-state index in [1.807, 2.05) is 13.2 Å². The average molecular weight is 527 g/mol. The first kappa shape index (κ1) is 30.7. The van der Waals surface area contributed by atoms with Crippen LogP contribution in [0.5, 0.6) is 0 Å². The molecule has 3 nitrogen and oxygen atoms in total. The van der Waals surface area contributed by atoms with Crippen molar-refractivity contribution in [2.45, 2.75) is 96.2 Å². The van der Waals surface area contributed by atoms with Gasteiger partial charge in [0.2, 0.25) is 0 Å². The van der Waals surface area contributed by atoms with Crippen LogP contribution in [0.15, 0.2) is 73.3 Å². The maximum absolute atomic E-state index is 7.10. The van der Waals surface area contributed by atoms with Gasteiger partial charge in [0.15, 0.2) is 8.32 Å². The Labute approximate surface area is 223 Å². The minimum atomic E-state index is -2.54. The van der Waals surface area contributed by atoms with Crippen LogP contribution in [0.3, 0.4) is 0 Å². The Morgan fingerprint density at radius 2 is 1.31 bits per heavy atom. The number of ether oxygens (including phenoxy) is 1. The first-order valence-electron chi connectivity index (χ1n) is 13.3. The minimum absolute atomic E-state index is 0.0326. The van der Waals surface area contributed by atoms with E-state index in [1.165, 1.54) is 10.4 Å². The lowest BCUT2D eigenvalue weighted by molar-refractivity contribution is 0.0360. The fraction of sp³-hybridized carbons (Fsp3) is 0.548. The van der Waals surface area contributed by atoms with Gasteiger partial charge in [-0.05, 0) is 52.8 Å². The zero-order valence-corrected chi connectivity index (χ0v) is 26.3. The standard InChI is InChI=1S/C31H50O3Si2/c1-11-18-27(34-35(9,10)30(2,3)4)25-26(32-8)23-24-33-36(31(5,6)7,28-19-14-12-15-20-28)29-21-16-13-17-22-29/h11-17,19-22,26-27H,1,18,23-25H2,2-10H3/t26-,27+/m1/s1. The lowest BCUT2D eigenvalue weighted by Crippen LogP contribution is -2.66. The minimum Gasteiger partial charge on any atom is -0.414 e. The summed E-state index contributed by atoms with van der Waals surface area (Å²) in [5.41, 5.74) is 0. The van der Waals surface area contributed by atoms with E-state index in [0.29, 0.717) is 6.61 Å². The SMILES string of the molecule is C=CC[C@@H](C[C@@H](CCO[Si](c1ccccc1)(c1ccccc1)C(C)(C)C)OC)O[Si](C)(C)C(C)(C)C. The van der Waals surface area contributed by atoms with Crippen LogP contribution in [0.2, 0.25) is 23.2 Å². The molecule has 2 rings (SSSR count). The van der Waals surface area contributed by atoms with Crippen LogP contribution in [-0.4, -0.2) is 42.6 Å². The molecule has 2 atom stereocenters. The van der Waals surface area contributed by atoms with Crippen LogP contribution in [0.4, 0.5) is 0 Å². The van der Waals surface area contributed by atoms with Gasteiger partial charge in [-0.15, -0.1) is 6.58 Å². The fourth-order valence-corrected chi connectivity index (χ4v) is 10.7. The summed E-state index contributed by atoms with van der Waals surface area (Å²) in [7, 11) is -2.62. The first-order valence-corrected chi connectivity index (χ1v) is 18.2. The number of hydrogen-bond donors (Lipinski definition) is 0. The van der Waals surface area contributed by atoms with E-state index in [0.717, 1.165) is 19.3 Å². The van der Waals surface area contributed by atoms with Crippen molar-refractivity contribution in [3.8, 4) is 0 Å². The normalized spacial score (nSPS) is 14.9. The van der Waals surface area contributed by atoms with Crippen molar-refractivity contribution < 1.29 is 13.6 Å². The van der Waals surface area contributed by atoms with Crippen molar-refractivity contribution in [3.63, 3.8) is 0 Å². The van der Waals surface area contributed by atoms with Gasteiger partial charge in [0.1, 0.15) is 0 Å². The smallest absolute Gasteiger partial charge is 0.261 e. The molecule has 2 aromatic rings. The summed E-state index contributed by atoms with van der Waals surface area (Å²) in [6, 6.07) is 21.7. The van der Waals surface area contributed by atoms with Crippen LogP contribution in [0.1, 0.15) is 60.8 Å². The maximum Gasteiger partial charge on any atom is 0.261 e. The van der Waals surface area contributed by atoms with Crippen LogP contribution in [-0.2, 0) is 13.6 Å². The van der Waals surface area contributed by atoms with Crippen molar-refractivity contribution >= 4 is 27.0 Å². The molecule has 0 N–H and O–H groups in total. The topological polar surface area (TPSA) is 27.7 Å². The Balaban J connectivity index is 2.26. The molecule has 0 amide bonds. The predicted octanol–water partition coefficient (Wildman–Crippen LogP) is 7.32. The highest BCUT2D eigenvalue weighted by Crippen LogP contribution is 2.39. The van der Waals surface area contributed by atoms with Gasteiger partial charge in [-0.1, -0.05) is 108 Å². The average Bonchev–Trinajstić information content (AvgIpc) is 2.80. The molecule has 0 unspecified atom stereocenters. The quantitative estimate of drug-likeness (QED) is 0.202. The van der Waals surface area contributed by atoms with Gasteiger partial charge in [0.25, 0.3) is 8.32 Å². The van der Waals surface area contributed by atoms with E-state index in [4.69, 9.17) is 13.6 Å². The maximum atomic E-state index is 7.10. The highest BCUT2D eigenvalue weighted by molar-refractivity contribution is 6.99. The Hall–Kier alpha value is -1.51. The summed E-state index contributed by atoms with van der Waals surface area (Å²) in [5, 5.41) is 2.75. The van der Waals surface area contributed by atoms with E-state index in [1.54, 1.807) is 0 Å². The molecular formula is C31H50O3Si2. The van der Waals surface area contributed by atoms with E-state index in [2.05, 4.69) is 122 Å². The molecule has 0 heterocycles. The van der Waals surface area contributed by atoms with Crippen LogP contribution < -0.4 is 10.4 Å². The zero-order valence-electron chi connectivity index (χ0n) is 24.3. The third-order valence-electron chi connectivity index (χ3n) is 7.73. The molecule has 0 bridgehead atoms. The number of methoxy groups -OCH3 is 1. The molecule has 0 fully saturated rings. The molecule has 0 saturated carbocycles. The van der Waals surface area contributed by atoms with Gasteiger partial charge in [0, 0.05) is 13.7 Å². The zero-order chi connectivity index (χ0) is 27.0. The Morgan fingerprint density at radius 1 is 0.806 bits per heavy atom. The molecule has 2 aromatic carbocycles. The largest absolute Gasteiger partial charge is 0.414 e. The summed E-state index contributed by atoms with van der Waals surface area (Å²) in [6.07, 6.45) is 4.67. The van der Waals surface area contributed by atoms with Crippen LogP contribution >= 0.6 is 0 Å². The Kier molecular flexibility index (Phi) is 10.9. The summed E-state index contributed by atoms with van der Waals surface area (Å²) < 4.78 is 19.8. The summed E-state index contributed by atoms with van der Waals surface area (Å²) in [4.78, 5) is 0. The summed E-state index contributed by atoms with van der Waals surface area (Å²) in [6.45, 7) is 23.1. The predicted molar refractivity (Wildman–Crippen MR) is 160 cm³/mol.